The molecule has 8 heteroatoms. The first-order valence-electron chi connectivity index (χ1n) is 10.0. The van der Waals surface area contributed by atoms with Crippen molar-refractivity contribution in [2.45, 2.75) is 44.4 Å². The lowest BCUT2D eigenvalue weighted by atomic mass is 10.1. The molecule has 3 aromatic rings. The van der Waals surface area contributed by atoms with Crippen molar-refractivity contribution in [3.8, 4) is 5.75 Å². The van der Waals surface area contributed by atoms with Crippen LogP contribution in [0.1, 0.15) is 30.7 Å². The molecule has 2 aromatic heterocycles. The number of rotatable bonds is 6. The average Bonchev–Trinajstić information content (AvgIpc) is 3.15. The summed E-state index contributed by atoms with van der Waals surface area (Å²) in [5.41, 5.74) is 4.27. The van der Waals surface area contributed by atoms with Crippen molar-refractivity contribution in [1.29, 1.82) is 0 Å². The molecule has 7 nitrogen and oxygen atoms in total. The maximum atomic E-state index is 12.9. The van der Waals surface area contributed by atoms with E-state index in [-0.39, 0.29) is 11.7 Å². The van der Waals surface area contributed by atoms with Crippen molar-refractivity contribution in [2.24, 2.45) is 5.92 Å². The minimum Gasteiger partial charge on any atom is -0.492 e. The van der Waals surface area contributed by atoms with Gasteiger partial charge in [0.05, 0.1) is 53.1 Å². The number of fused-ring (bicyclic) bond motifs is 1. The zero-order valence-electron chi connectivity index (χ0n) is 17.7. The summed E-state index contributed by atoms with van der Waals surface area (Å²) < 4.78 is 30.5. The molecule has 0 bridgehead atoms. The minimum atomic E-state index is -1.33. The SMILES string of the molecule is Cc1cnc(C[S@@](=O)c2nc3ccccc3[nH]2)c(C)c1OCC1COC(C)(C)OC1. The van der Waals surface area contributed by atoms with Gasteiger partial charge in [-0.1, -0.05) is 12.1 Å². The summed E-state index contributed by atoms with van der Waals surface area (Å²) in [5, 5.41) is 0.458. The lowest BCUT2D eigenvalue weighted by molar-refractivity contribution is -0.264. The highest BCUT2D eigenvalue weighted by molar-refractivity contribution is 7.84. The van der Waals surface area contributed by atoms with Gasteiger partial charge in [-0.3, -0.25) is 9.19 Å². The summed E-state index contributed by atoms with van der Waals surface area (Å²) in [5.74, 6) is 0.684. The second kappa shape index (κ2) is 8.45. The number of aryl methyl sites for hydroxylation is 1. The van der Waals surface area contributed by atoms with E-state index < -0.39 is 16.6 Å². The van der Waals surface area contributed by atoms with Gasteiger partial charge in [-0.15, -0.1) is 0 Å². The van der Waals surface area contributed by atoms with E-state index >= 15 is 0 Å². The van der Waals surface area contributed by atoms with Gasteiger partial charge in [-0.05, 0) is 39.8 Å². The topological polar surface area (TPSA) is 86.3 Å². The van der Waals surface area contributed by atoms with E-state index in [0.717, 1.165) is 33.6 Å². The molecular formula is C22H27N3O4S. The molecule has 1 atom stereocenters. The maximum Gasteiger partial charge on any atom is 0.197 e. The lowest BCUT2D eigenvalue weighted by Gasteiger charge is -2.34. The van der Waals surface area contributed by atoms with Gasteiger partial charge in [-0.25, -0.2) is 4.98 Å². The molecule has 0 spiro atoms. The highest BCUT2D eigenvalue weighted by Gasteiger charge is 2.29. The number of nitrogens with one attached hydrogen (secondary N) is 1. The van der Waals surface area contributed by atoms with E-state index in [2.05, 4.69) is 15.0 Å². The molecule has 3 heterocycles. The van der Waals surface area contributed by atoms with Crippen LogP contribution in [0, 0.1) is 19.8 Å². The molecule has 4 rings (SSSR count). The Kier molecular flexibility index (Phi) is 5.90. The fourth-order valence-electron chi connectivity index (χ4n) is 3.38. The van der Waals surface area contributed by atoms with Crippen molar-refractivity contribution < 1.29 is 18.4 Å². The van der Waals surface area contributed by atoms with Crippen LogP contribution >= 0.6 is 0 Å². The Morgan fingerprint density at radius 3 is 2.70 bits per heavy atom. The quantitative estimate of drug-likeness (QED) is 0.644. The molecule has 30 heavy (non-hydrogen) atoms. The summed E-state index contributed by atoms with van der Waals surface area (Å²) in [6, 6.07) is 7.65. The molecule has 1 aliphatic heterocycles. The minimum absolute atomic E-state index is 0.165. The van der Waals surface area contributed by atoms with Crippen molar-refractivity contribution >= 4 is 21.8 Å². The number of ether oxygens (including phenoxy) is 3. The molecule has 1 N–H and O–H groups in total. The van der Waals surface area contributed by atoms with Crippen LogP contribution in [0.3, 0.4) is 0 Å². The van der Waals surface area contributed by atoms with E-state index in [1.54, 1.807) is 6.20 Å². The lowest BCUT2D eigenvalue weighted by Crippen LogP contribution is -2.41. The van der Waals surface area contributed by atoms with Crippen LogP contribution in [-0.4, -0.2) is 44.8 Å². The number of pyridine rings is 1. The van der Waals surface area contributed by atoms with Crippen molar-refractivity contribution in [2.75, 3.05) is 19.8 Å². The van der Waals surface area contributed by atoms with Gasteiger partial charge < -0.3 is 19.2 Å². The fraction of sp³-hybridized carbons (Fsp3) is 0.455. The summed E-state index contributed by atoms with van der Waals surface area (Å²) in [4.78, 5) is 12.1. The van der Waals surface area contributed by atoms with Crippen molar-refractivity contribution in [3.63, 3.8) is 0 Å². The van der Waals surface area contributed by atoms with Gasteiger partial charge in [0.15, 0.2) is 10.9 Å². The largest absolute Gasteiger partial charge is 0.492 e. The molecule has 0 aliphatic carbocycles. The number of hydrogen-bond donors (Lipinski definition) is 1. The Morgan fingerprint density at radius 2 is 1.97 bits per heavy atom. The molecule has 0 amide bonds. The fourth-order valence-corrected chi connectivity index (χ4v) is 4.48. The van der Waals surface area contributed by atoms with Gasteiger partial charge >= 0.3 is 0 Å². The number of nitrogens with zero attached hydrogens (tertiary/aromatic N) is 2. The van der Waals surface area contributed by atoms with Gasteiger partial charge in [0.2, 0.25) is 0 Å². The second-order valence-electron chi connectivity index (χ2n) is 8.09. The molecule has 160 valence electrons. The van der Waals surface area contributed by atoms with Crippen LogP contribution in [-0.2, 0) is 26.0 Å². The van der Waals surface area contributed by atoms with Crippen LogP contribution in [0.5, 0.6) is 5.75 Å². The third-order valence-electron chi connectivity index (χ3n) is 5.19. The Labute approximate surface area is 178 Å². The summed E-state index contributed by atoms with van der Waals surface area (Å²) in [6.07, 6.45) is 1.77. The van der Waals surface area contributed by atoms with Crippen molar-refractivity contribution in [3.05, 3.63) is 47.3 Å². The number of aromatic amines is 1. The molecule has 1 aromatic carbocycles. The first-order chi connectivity index (χ1) is 14.3. The first-order valence-corrected chi connectivity index (χ1v) is 11.3. The summed E-state index contributed by atoms with van der Waals surface area (Å²) in [7, 11) is -1.33. The van der Waals surface area contributed by atoms with Crippen LogP contribution in [0.25, 0.3) is 11.0 Å². The molecular weight excluding hydrogens is 402 g/mol. The Hall–Kier alpha value is -2.29. The number of para-hydroxylation sites is 2. The van der Waals surface area contributed by atoms with E-state index in [4.69, 9.17) is 14.2 Å². The average molecular weight is 430 g/mol. The standard InChI is InChI=1S/C22H27N3O4S/c1-14-9-23-19(13-30(26)21-24-17-7-5-6-8-18(17)25-21)15(2)20(14)27-10-16-11-28-22(3,4)29-12-16/h5-9,16H,10-13H2,1-4H3,(H,24,25)/t30-/m1/s1. The first kappa shape index (κ1) is 21.0. The Balaban J connectivity index is 1.46. The third kappa shape index (κ3) is 4.55. The highest BCUT2D eigenvalue weighted by Crippen LogP contribution is 2.28. The van der Waals surface area contributed by atoms with Crippen molar-refractivity contribution in [1.82, 2.24) is 15.0 Å². The Morgan fingerprint density at radius 1 is 1.23 bits per heavy atom. The number of benzene rings is 1. The molecule has 1 aliphatic rings. The zero-order valence-corrected chi connectivity index (χ0v) is 18.5. The number of H-pyrrole nitrogens is 1. The van der Waals surface area contributed by atoms with E-state index in [1.165, 1.54) is 0 Å². The Bertz CT molecular complexity index is 1040. The second-order valence-corrected chi connectivity index (χ2v) is 9.46. The molecule has 0 radical (unpaired) electrons. The van der Waals surface area contributed by atoms with Gasteiger partial charge in [0, 0.05) is 23.2 Å². The predicted molar refractivity (Wildman–Crippen MR) is 115 cm³/mol. The predicted octanol–water partition coefficient (Wildman–Crippen LogP) is 3.66. The summed E-state index contributed by atoms with van der Waals surface area (Å²) >= 11 is 0. The van der Waals surface area contributed by atoms with Crippen LogP contribution in [0.2, 0.25) is 0 Å². The highest BCUT2D eigenvalue weighted by atomic mass is 32.2. The third-order valence-corrected chi connectivity index (χ3v) is 6.35. The number of hydrogen-bond acceptors (Lipinski definition) is 6. The molecule has 0 saturated carbocycles. The molecule has 1 saturated heterocycles. The zero-order chi connectivity index (χ0) is 21.3. The number of aromatic nitrogens is 3. The maximum absolute atomic E-state index is 12.9. The molecule has 0 unspecified atom stereocenters. The normalized spacial score (nSPS) is 17.9. The van der Waals surface area contributed by atoms with E-state index in [0.29, 0.717) is 25.0 Å². The summed E-state index contributed by atoms with van der Waals surface area (Å²) in [6.45, 7) is 9.43. The van der Waals surface area contributed by atoms with Gasteiger partial charge in [0.25, 0.3) is 0 Å². The molecule has 1 fully saturated rings. The van der Waals surface area contributed by atoms with Crippen LogP contribution in [0.4, 0.5) is 0 Å². The van der Waals surface area contributed by atoms with Crippen LogP contribution < -0.4 is 4.74 Å². The monoisotopic (exact) mass is 429 g/mol. The smallest absolute Gasteiger partial charge is 0.197 e. The van der Waals surface area contributed by atoms with Gasteiger partial charge in [0.1, 0.15) is 5.75 Å². The van der Waals surface area contributed by atoms with E-state index in [9.17, 15) is 4.21 Å². The van der Waals surface area contributed by atoms with Crippen LogP contribution in [0.15, 0.2) is 35.6 Å². The number of imidazole rings is 1. The van der Waals surface area contributed by atoms with E-state index in [1.807, 2.05) is 52.0 Å². The van der Waals surface area contributed by atoms with Gasteiger partial charge in [-0.2, -0.15) is 0 Å².